The van der Waals surface area contributed by atoms with Gasteiger partial charge < -0.3 is 14.5 Å². The van der Waals surface area contributed by atoms with Crippen LogP contribution in [0.15, 0.2) is 34.9 Å². The number of oxazole rings is 1. The van der Waals surface area contributed by atoms with Gasteiger partial charge in [-0.15, -0.1) is 0 Å². The standard InChI is InChI=1S/C19H24N2O3/c1-23-16-9-7-14(8-10-16)17-13-20-19(24-17)12-11-18(22)21-15-5-3-2-4-6-15/h7-10,13,15H,2-6,11-12H2,1H3,(H,21,22). The quantitative estimate of drug-likeness (QED) is 0.877. The summed E-state index contributed by atoms with van der Waals surface area (Å²) in [5, 5.41) is 3.12. The van der Waals surface area contributed by atoms with Gasteiger partial charge in [0, 0.05) is 24.4 Å². The van der Waals surface area contributed by atoms with Gasteiger partial charge in [0.25, 0.3) is 0 Å². The molecule has 1 aliphatic carbocycles. The maximum atomic E-state index is 12.0. The molecule has 1 heterocycles. The molecule has 1 aliphatic rings. The molecule has 0 saturated heterocycles. The topological polar surface area (TPSA) is 64.4 Å². The highest BCUT2D eigenvalue weighted by atomic mass is 16.5. The van der Waals surface area contributed by atoms with Crippen molar-refractivity contribution in [2.45, 2.75) is 51.0 Å². The largest absolute Gasteiger partial charge is 0.497 e. The summed E-state index contributed by atoms with van der Waals surface area (Å²) in [6, 6.07) is 7.98. The number of aromatic nitrogens is 1. The first kappa shape index (κ1) is 16.6. The summed E-state index contributed by atoms with van der Waals surface area (Å²) < 4.78 is 10.9. The minimum absolute atomic E-state index is 0.0890. The second-order valence-electron chi connectivity index (χ2n) is 6.25. The van der Waals surface area contributed by atoms with E-state index in [2.05, 4.69) is 10.3 Å². The van der Waals surface area contributed by atoms with Gasteiger partial charge in [0.1, 0.15) is 5.75 Å². The van der Waals surface area contributed by atoms with Gasteiger partial charge in [-0.05, 0) is 37.1 Å². The van der Waals surface area contributed by atoms with E-state index < -0.39 is 0 Å². The predicted octanol–water partition coefficient (Wildman–Crippen LogP) is 3.73. The lowest BCUT2D eigenvalue weighted by atomic mass is 9.95. The molecular formula is C19H24N2O3. The summed E-state index contributed by atoms with van der Waals surface area (Å²) in [5.74, 6) is 2.20. The summed E-state index contributed by atoms with van der Waals surface area (Å²) in [7, 11) is 1.64. The van der Waals surface area contributed by atoms with Crippen molar-refractivity contribution in [1.82, 2.24) is 10.3 Å². The van der Waals surface area contributed by atoms with Gasteiger partial charge in [0.15, 0.2) is 11.7 Å². The Kier molecular flexibility index (Phi) is 5.51. The Morgan fingerprint density at radius 1 is 1.25 bits per heavy atom. The SMILES string of the molecule is COc1ccc(-c2cnc(CCC(=O)NC3CCCCC3)o2)cc1. The molecular weight excluding hydrogens is 304 g/mol. The summed E-state index contributed by atoms with van der Waals surface area (Å²) in [5.41, 5.74) is 0.946. The van der Waals surface area contributed by atoms with Crippen molar-refractivity contribution in [2.24, 2.45) is 0 Å². The van der Waals surface area contributed by atoms with Crippen LogP contribution in [0.1, 0.15) is 44.4 Å². The molecule has 1 saturated carbocycles. The van der Waals surface area contributed by atoms with E-state index in [0.29, 0.717) is 30.5 Å². The van der Waals surface area contributed by atoms with Gasteiger partial charge in [0.05, 0.1) is 13.3 Å². The first-order valence-electron chi connectivity index (χ1n) is 8.63. The predicted molar refractivity (Wildman–Crippen MR) is 91.8 cm³/mol. The number of benzene rings is 1. The molecule has 0 radical (unpaired) electrons. The Morgan fingerprint density at radius 2 is 2.00 bits per heavy atom. The van der Waals surface area contributed by atoms with Crippen LogP contribution in [0.4, 0.5) is 0 Å². The molecule has 1 aromatic heterocycles. The number of carbonyl (C=O) groups excluding carboxylic acids is 1. The fraction of sp³-hybridized carbons (Fsp3) is 0.474. The highest BCUT2D eigenvalue weighted by molar-refractivity contribution is 5.76. The number of nitrogens with one attached hydrogen (secondary N) is 1. The van der Waals surface area contributed by atoms with E-state index >= 15 is 0 Å². The second-order valence-corrected chi connectivity index (χ2v) is 6.25. The van der Waals surface area contributed by atoms with E-state index in [4.69, 9.17) is 9.15 Å². The van der Waals surface area contributed by atoms with Crippen molar-refractivity contribution in [3.05, 3.63) is 36.4 Å². The molecule has 3 rings (SSSR count). The monoisotopic (exact) mass is 328 g/mol. The maximum absolute atomic E-state index is 12.0. The highest BCUT2D eigenvalue weighted by Gasteiger charge is 2.16. The zero-order valence-electron chi connectivity index (χ0n) is 14.1. The molecule has 1 amide bonds. The number of hydrogen-bond acceptors (Lipinski definition) is 4. The van der Waals surface area contributed by atoms with Crippen LogP contribution in [0.5, 0.6) is 5.75 Å². The van der Waals surface area contributed by atoms with E-state index in [1.807, 2.05) is 24.3 Å². The van der Waals surface area contributed by atoms with Gasteiger partial charge >= 0.3 is 0 Å². The Hall–Kier alpha value is -2.30. The summed E-state index contributed by atoms with van der Waals surface area (Å²) in [6.45, 7) is 0. The number of nitrogens with zero attached hydrogens (tertiary/aromatic N) is 1. The number of carbonyl (C=O) groups is 1. The molecule has 128 valence electrons. The summed E-state index contributed by atoms with van der Waals surface area (Å²) in [6.07, 6.45) is 8.57. The van der Waals surface area contributed by atoms with Gasteiger partial charge in [-0.25, -0.2) is 4.98 Å². The van der Waals surface area contributed by atoms with Crippen LogP contribution in [0.25, 0.3) is 11.3 Å². The average molecular weight is 328 g/mol. The average Bonchev–Trinajstić information content (AvgIpc) is 3.10. The van der Waals surface area contributed by atoms with Crippen LogP contribution >= 0.6 is 0 Å². The van der Waals surface area contributed by atoms with Crippen molar-refractivity contribution in [1.29, 1.82) is 0 Å². The summed E-state index contributed by atoms with van der Waals surface area (Å²) in [4.78, 5) is 16.3. The number of aryl methyl sites for hydroxylation is 1. The van der Waals surface area contributed by atoms with Crippen molar-refractivity contribution in [3.63, 3.8) is 0 Å². The van der Waals surface area contributed by atoms with Gasteiger partial charge in [-0.2, -0.15) is 0 Å². The molecule has 24 heavy (non-hydrogen) atoms. The molecule has 5 nitrogen and oxygen atoms in total. The highest BCUT2D eigenvalue weighted by Crippen LogP contribution is 2.23. The minimum atomic E-state index is 0.0890. The molecule has 5 heteroatoms. The molecule has 1 aromatic carbocycles. The third-order valence-electron chi connectivity index (χ3n) is 4.46. The maximum Gasteiger partial charge on any atom is 0.220 e. The number of rotatable bonds is 6. The van der Waals surface area contributed by atoms with Crippen LogP contribution in [0.3, 0.4) is 0 Å². The molecule has 0 spiro atoms. The lowest BCUT2D eigenvalue weighted by Gasteiger charge is -2.22. The third-order valence-corrected chi connectivity index (χ3v) is 4.46. The zero-order chi connectivity index (χ0) is 16.8. The fourth-order valence-corrected chi connectivity index (χ4v) is 3.08. The van der Waals surface area contributed by atoms with Crippen molar-refractivity contribution < 1.29 is 13.9 Å². The first-order valence-corrected chi connectivity index (χ1v) is 8.63. The van der Waals surface area contributed by atoms with Crippen molar-refractivity contribution >= 4 is 5.91 Å². The van der Waals surface area contributed by atoms with Crippen LogP contribution in [0, 0.1) is 0 Å². The van der Waals surface area contributed by atoms with Gasteiger partial charge in [0.2, 0.25) is 5.91 Å². The molecule has 0 unspecified atom stereocenters. The molecule has 0 aliphatic heterocycles. The van der Waals surface area contributed by atoms with Gasteiger partial charge in [-0.1, -0.05) is 19.3 Å². The molecule has 0 bridgehead atoms. The first-order chi connectivity index (χ1) is 11.7. The minimum Gasteiger partial charge on any atom is -0.497 e. The van der Waals surface area contributed by atoms with E-state index in [1.54, 1.807) is 13.3 Å². The third kappa shape index (κ3) is 4.37. The Bertz CT molecular complexity index is 658. The van der Waals surface area contributed by atoms with E-state index in [1.165, 1.54) is 19.3 Å². The van der Waals surface area contributed by atoms with Crippen LogP contribution < -0.4 is 10.1 Å². The van der Waals surface area contributed by atoms with Crippen molar-refractivity contribution in [2.75, 3.05) is 7.11 Å². The van der Waals surface area contributed by atoms with Crippen molar-refractivity contribution in [3.8, 4) is 17.1 Å². The lowest BCUT2D eigenvalue weighted by molar-refractivity contribution is -0.122. The molecule has 0 atom stereocenters. The Morgan fingerprint density at radius 3 is 2.71 bits per heavy atom. The number of amides is 1. The molecule has 1 fully saturated rings. The molecule has 2 aromatic rings. The van der Waals surface area contributed by atoms with Crippen LogP contribution in [-0.4, -0.2) is 24.0 Å². The van der Waals surface area contributed by atoms with Crippen LogP contribution in [0.2, 0.25) is 0 Å². The van der Waals surface area contributed by atoms with E-state index in [9.17, 15) is 4.79 Å². The van der Waals surface area contributed by atoms with E-state index in [-0.39, 0.29) is 5.91 Å². The smallest absolute Gasteiger partial charge is 0.220 e. The molecule has 1 N–H and O–H groups in total. The normalized spacial score (nSPS) is 15.2. The summed E-state index contributed by atoms with van der Waals surface area (Å²) >= 11 is 0. The fourth-order valence-electron chi connectivity index (χ4n) is 3.08. The number of hydrogen-bond donors (Lipinski definition) is 1. The number of ether oxygens (including phenoxy) is 1. The van der Waals surface area contributed by atoms with E-state index in [0.717, 1.165) is 24.2 Å². The second kappa shape index (κ2) is 7.99. The van der Waals surface area contributed by atoms with Gasteiger partial charge in [-0.3, -0.25) is 4.79 Å². The Labute approximate surface area is 142 Å². The number of methoxy groups -OCH3 is 1. The lowest BCUT2D eigenvalue weighted by Crippen LogP contribution is -2.36. The zero-order valence-corrected chi connectivity index (χ0v) is 14.1. The van der Waals surface area contributed by atoms with Crippen LogP contribution in [-0.2, 0) is 11.2 Å². The Balaban J connectivity index is 1.50.